The largest absolute Gasteiger partial charge is 0.466 e. The van der Waals surface area contributed by atoms with Crippen LogP contribution in [0.5, 0.6) is 0 Å². The Labute approximate surface area is 144 Å². The maximum atomic E-state index is 12.9. The number of carbonyl (C=O) groups is 1. The van der Waals surface area contributed by atoms with Gasteiger partial charge in [-0.1, -0.05) is 6.42 Å². The molecule has 1 spiro atoms. The molecule has 5 nitrogen and oxygen atoms in total. The van der Waals surface area contributed by atoms with Gasteiger partial charge in [-0.05, 0) is 46.6 Å². The van der Waals surface area contributed by atoms with Crippen molar-refractivity contribution >= 4 is 5.91 Å². The van der Waals surface area contributed by atoms with E-state index in [1.807, 2.05) is 24.8 Å². The molecule has 5 heteroatoms. The van der Waals surface area contributed by atoms with Gasteiger partial charge in [-0.25, -0.2) is 0 Å². The molecule has 0 aromatic carbocycles. The summed E-state index contributed by atoms with van der Waals surface area (Å²) in [6, 6.07) is 1.84. The number of aryl methyl sites for hydroxylation is 2. The van der Waals surface area contributed by atoms with Gasteiger partial charge in [-0.3, -0.25) is 4.79 Å². The molecule has 0 bridgehead atoms. The molecule has 1 aliphatic heterocycles. The van der Waals surface area contributed by atoms with Gasteiger partial charge in [0.2, 0.25) is 0 Å². The first kappa shape index (κ1) is 17.5. The second kappa shape index (κ2) is 6.89. The third kappa shape index (κ3) is 3.38. The number of hydrogen-bond acceptors (Lipinski definition) is 4. The van der Waals surface area contributed by atoms with Gasteiger partial charge < -0.3 is 18.8 Å². The van der Waals surface area contributed by atoms with Crippen LogP contribution < -0.4 is 0 Å². The van der Waals surface area contributed by atoms with E-state index in [4.69, 9.17) is 13.9 Å². The van der Waals surface area contributed by atoms with Gasteiger partial charge in [-0.15, -0.1) is 0 Å². The van der Waals surface area contributed by atoms with E-state index in [2.05, 4.69) is 13.8 Å². The second-order valence-electron chi connectivity index (χ2n) is 7.44. The van der Waals surface area contributed by atoms with Crippen LogP contribution in [0.15, 0.2) is 10.5 Å². The summed E-state index contributed by atoms with van der Waals surface area (Å²) in [6.45, 7) is 10.4. The Kier molecular flexibility index (Phi) is 5.02. The fourth-order valence-corrected chi connectivity index (χ4v) is 4.05. The lowest BCUT2D eigenvalue weighted by molar-refractivity contribution is -0.136. The average molecular weight is 335 g/mol. The molecule has 0 N–H and O–H groups in total. The molecule has 0 radical (unpaired) electrons. The van der Waals surface area contributed by atoms with E-state index in [9.17, 15) is 4.79 Å². The van der Waals surface area contributed by atoms with Crippen LogP contribution in [0.4, 0.5) is 0 Å². The summed E-state index contributed by atoms with van der Waals surface area (Å²) in [6.07, 6.45) is 3.48. The molecule has 0 unspecified atom stereocenters. The third-order valence-electron chi connectivity index (χ3n) is 5.30. The molecule has 1 amide bonds. The van der Waals surface area contributed by atoms with Crippen LogP contribution in [0.25, 0.3) is 0 Å². The summed E-state index contributed by atoms with van der Waals surface area (Å²) >= 11 is 0. The van der Waals surface area contributed by atoms with Crippen molar-refractivity contribution < 1.29 is 18.7 Å². The molecule has 2 atom stereocenters. The quantitative estimate of drug-likeness (QED) is 0.847. The van der Waals surface area contributed by atoms with Crippen LogP contribution >= 0.6 is 0 Å². The zero-order chi connectivity index (χ0) is 17.3. The number of ether oxygens (including phenoxy) is 2. The minimum absolute atomic E-state index is 0.0578. The SMILES string of the molecule is Cc1cc(C(=O)N2CCO[C@]3(CCC[C@H]3COC(C)C)C2)c(C)o1. The van der Waals surface area contributed by atoms with Crippen LogP contribution in [-0.4, -0.2) is 48.8 Å². The fraction of sp³-hybridized carbons (Fsp3) is 0.737. The lowest BCUT2D eigenvalue weighted by atomic mass is 9.89. The van der Waals surface area contributed by atoms with Crippen LogP contribution in [-0.2, 0) is 9.47 Å². The van der Waals surface area contributed by atoms with Crippen LogP contribution in [0.2, 0.25) is 0 Å². The van der Waals surface area contributed by atoms with Gasteiger partial charge in [0.15, 0.2) is 0 Å². The number of morpholine rings is 1. The molecular formula is C19H29NO4. The Balaban J connectivity index is 1.73. The van der Waals surface area contributed by atoms with E-state index in [1.54, 1.807) is 0 Å². The van der Waals surface area contributed by atoms with Crippen LogP contribution in [0.1, 0.15) is 55.0 Å². The Morgan fingerprint density at radius 1 is 1.46 bits per heavy atom. The van der Waals surface area contributed by atoms with E-state index in [1.165, 1.54) is 0 Å². The first-order valence-electron chi connectivity index (χ1n) is 9.03. The Morgan fingerprint density at radius 3 is 2.92 bits per heavy atom. The smallest absolute Gasteiger partial charge is 0.257 e. The highest BCUT2D eigenvalue weighted by Crippen LogP contribution is 2.41. The minimum atomic E-state index is -0.241. The standard InChI is InChI=1S/C19H29NO4/c1-13(2)22-11-16-6-5-7-19(16)12-20(8-9-23-19)18(21)17-10-14(3)24-15(17)4/h10,13,16H,5-9,11-12H2,1-4H3/t16-,19+/m0/s1. The minimum Gasteiger partial charge on any atom is -0.466 e. The molecule has 1 aliphatic carbocycles. The number of nitrogens with zero attached hydrogens (tertiary/aromatic N) is 1. The molecular weight excluding hydrogens is 306 g/mol. The van der Waals surface area contributed by atoms with E-state index in [0.29, 0.717) is 43.5 Å². The first-order valence-corrected chi connectivity index (χ1v) is 9.03. The molecule has 134 valence electrons. The zero-order valence-electron chi connectivity index (χ0n) is 15.3. The summed E-state index contributed by atoms with van der Waals surface area (Å²) in [7, 11) is 0. The number of carbonyl (C=O) groups excluding carboxylic acids is 1. The maximum absolute atomic E-state index is 12.9. The summed E-state index contributed by atoms with van der Waals surface area (Å²) in [4.78, 5) is 14.9. The topological polar surface area (TPSA) is 51.9 Å². The Hall–Kier alpha value is -1.33. The number of rotatable bonds is 4. The van der Waals surface area contributed by atoms with Gasteiger partial charge in [0, 0.05) is 12.5 Å². The third-order valence-corrected chi connectivity index (χ3v) is 5.30. The van der Waals surface area contributed by atoms with Gasteiger partial charge >= 0.3 is 0 Å². The summed E-state index contributed by atoms with van der Waals surface area (Å²) in [5, 5.41) is 0. The summed E-state index contributed by atoms with van der Waals surface area (Å²) < 4.78 is 17.6. The summed E-state index contributed by atoms with van der Waals surface area (Å²) in [5.41, 5.74) is 0.438. The number of hydrogen-bond donors (Lipinski definition) is 0. The first-order chi connectivity index (χ1) is 11.4. The van der Waals surface area contributed by atoms with E-state index in [0.717, 1.165) is 25.0 Å². The molecule has 3 rings (SSSR count). The fourth-order valence-electron chi connectivity index (χ4n) is 4.05. The normalized spacial score (nSPS) is 27.4. The van der Waals surface area contributed by atoms with Crippen molar-refractivity contribution in [3.63, 3.8) is 0 Å². The Morgan fingerprint density at radius 2 is 2.25 bits per heavy atom. The maximum Gasteiger partial charge on any atom is 0.257 e. The Bertz CT molecular complexity index is 594. The molecule has 1 saturated carbocycles. The van der Waals surface area contributed by atoms with Gasteiger partial charge in [-0.2, -0.15) is 0 Å². The monoisotopic (exact) mass is 335 g/mol. The van der Waals surface area contributed by atoms with E-state index >= 15 is 0 Å². The number of amides is 1. The van der Waals surface area contributed by atoms with E-state index < -0.39 is 0 Å². The van der Waals surface area contributed by atoms with Crippen molar-refractivity contribution in [3.05, 3.63) is 23.2 Å². The second-order valence-corrected chi connectivity index (χ2v) is 7.44. The highest BCUT2D eigenvalue weighted by molar-refractivity contribution is 5.95. The molecule has 1 aromatic rings. The lowest BCUT2D eigenvalue weighted by Gasteiger charge is -2.44. The molecule has 1 aromatic heterocycles. The van der Waals surface area contributed by atoms with Gasteiger partial charge in [0.25, 0.3) is 5.91 Å². The van der Waals surface area contributed by atoms with Crippen LogP contribution in [0.3, 0.4) is 0 Å². The van der Waals surface area contributed by atoms with Crippen molar-refractivity contribution in [1.29, 1.82) is 0 Å². The molecule has 24 heavy (non-hydrogen) atoms. The molecule has 2 heterocycles. The van der Waals surface area contributed by atoms with Gasteiger partial charge in [0.1, 0.15) is 11.5 Å². The highest BCUT2D eigenvalue weighted by Gasteiger charge is 2.48. The van der Waals surface area contributed by atoms with Gasteiger partial charge in [0.05, 0.1) is 37.0 Å². The van der Waals surface area contributed by atoms with Crippen molar-refractivity contribution in [1.82, 2.24) is 4.90 Å². The predicted octanol–water partition coefficient (Wildman–Crippen LogP) is 3.33. The van der Waals surface area contributed by atoms with Crippen molar-refractivity contribution in [2.24, 2.45) is 5.92 Å². The number of furan rings is 1. The highest BCUT2D eigenvalue weighted by atomic mass is 16.5. The summed E-state index contributed by atoms with van der Waals surface area (Å²) in [5.74, 6) is 1.90. The zero-order valence-corrected chi connectivity index (χ0v) is 15.3. The van der Waals surface area contributed by atoms with Crippen molar-refractivity contribution in [2.75, 3.05) is 26.3 Å². The van der Waals surface area contributed by atoms with Crippen molar-refractivity contribution in [3.8, 4) is 0 Å². The predicted molar refractivity (Wildman–Crippen MR) is 91.2 cm³/mol. The molecule has 1 saturated heterocycles. The van der Waals surface area contributed by atoms with Crippen LogP contribution in [0, 0.1) is 19.8 Å². The van der Waals surface area contributed by atoms with E-state index in [-0.39, 0.29) is 17.6 Å². The van der Waals surface area contributed by atoms with Crippen molar-refractivity contribution in [2.45, 2.75) is 58.7 Å². The molecule has 2 fully saturated rings. The average Bonchev–Trinajstić information content (AvgIpc) is 3.07. The molecule has 2 aliphatic rings. The lowest BCUT2D eigenvalue weighted by Crippen LogP contribution is -2.56.